The minimum Gasteiger partial charge on any atom is -0.369 e. The first-order valence-corrected chi connectivity index (χ1v) is 7.68. The molecule has 2 unspecified atom stereocenters. The lowest BCUT2D eigenvalue weighted by Gasteiger charge is -2.33. The van der Waals surface area contributed by atoms with Crippen LogP contribution in [0.25, 0.3) is 0 Å². The summed E-state index contributed by atoms with van der Waals surface area (Å²) in [4.78, 5) is 4.51. The van der Waals surface area contributed by atoms with Crippen molar-refractivity contribution < 1.29 is 4.74 Å². The van der Waals surface area contributed by atoms with Gasteiger partial charge in [0.2, 0.25) is 0 Å². The zero-order valence-corrected chi connectivity index (χ0v) is 13.8. The molecule has 0 radical (unpaired) electrons. The second kappa shape index (κ2) is 5.63. The van der Waals surface area contributed by atoms with Crippen LogP contribution in [0.15, 0.2) is 18.3 Å². The molecule has 0 aromatic carbocycles. The number of aromatic nitrogens is 1. The molecule has 0 aliphatic carbocycles. The maximum absolute atomic E-state index is 6.35. The van der Waals surface area contributed by atoms with Crippen molar-refractivity contribution in [1.29, 1.82) is 0 Å². The summed E-state index contributed by atoms with van der Waals surface area (Å²) in [7, 11) is 0. The van der Waals surface area contributed by atoms with Crippen molar-refractivity contribution in [3.8, 4) is 0 Å². The van der Waals surface area contributed by atoms with Gasteiger partial charge in [-0.15, -0.1) is 0 Å². The van der Waals surface area contributed by atoms with Crippen molar-refractivity contribution in [2.24, 2.45) is 5.92 Å². The van der Waals surface area contributed by atoms with Gasteiger partial charge in [0.15, 0.2) is 0 Å². The third-order valence-electron chi connectivity index (χ3n) is 4.05. The van der Waals surface area contributed by atoms with Gasteiger partial charge in [-0.25, -0.2) is 0 Å². The van der Waals surface area contributed by atoms with Gasteiger partial charge >= 0.3 is 0 Å². The molecule has 1 fully saturated rings. The highest BCUT2D eigenvalue weighted by atomic mass is 35.5. The number of hydrogen-bond acceptors (Lipinski definition) is 3. The number of hydrogen-bond donors (Lipinski definition) is 1. The van der Waals surface area contributed by atoms with Gasteiger partial charge in [0.1, 0.15) is 0 Å². The molecule has 1 aromatic heterocycles. The topological polar surface area (TPSA) is 34.2 Å². The Morgan fingerprint density at radius 1 is 1.45 bits per heavy atom. The number of rotatable bonds is 4. The third kappa shape index (κ3) is 3.16. The summed E-state index contributed by atoms with van der Waals surface area (Å²) < 4.78 is 6.23. The SMILES string of the molecule is CCNC(c1ncccc1Cl)C1CC(C)(C)OC1(C)C. The van der Waals surface area contributed by atoms with E-state index in [1.807, 2.05) is 12.1 Å². The molecule has 1 aliphatic rings. The molecule has 1 N–H and O–H groups in total. The molecule has 3 nitrogen and oxygen atoms in total. The highest BCUT2D eigenvalue weighted by molar-refractivity contribution is 6.31. The molecule has 20 heavy (non-hydrogen) atoms. The summed E-state index contributed by atoms with van der Waals surface area (Å²) >= 11 is 6.35. The summed E-state index contributed by atoms with van der Waals surface area (Å²) in [5.41, 5.74) is 0.621. The maximum atomic E-state index is 6.35. The Hall–Kier alpha value is -0.640. The van der Waals surface area contributed by atoms with Gasteiger partial charge in [-0.3, -0.25) is 4.98 Å². The summed E-state index contributed by atoms with van der Waals surface area (Å²) in [6.45, 7) is 11.6. The molecule has 2 rings (SSSR count). The highest BCUT2D eigenvalue weighted by Crippen LogP contribution is 2.48. The lowest BCUT2D eigenvalue weighted by Crippen LogP contribution is -2.39. The van der Waals surface area contributed by atoms with Crippen molar-refractivity contribution in [3.63, 3.8) is 0 Å². The fraction of sp³-hybridized carbons (Fsp3) is 0.688. The molecular weight excluding hydrogens is 272 g/mol. The fourth-order valence-electron chi connectivity index (χ4n) is 3.40. The standard InChI is InChI=1S/C16H25ClN2O/c1-6-18-13(14-12(17)8-7-9-19-14)11-10-15(2,3)20-16(11,4)5/h7-9,11,13,18H,6,10H2,1-5H3. The Kier molecular flexibility index (Phi) is 4.43. The van der Waals surface area contributed by atoms with E-state index in [-0.39, 0.29) is 17.2 Å². The van der Waals surface area contributed by atoms with Crippen LogP contribution in [-0.4, -0.2) is 22.7 Å². The highest BCUT2D eigenvalue weighted by Gasteiger charge is 2.49. The van der Waals surface area contributed by atoms with Gasteiger partial charge in [-0.2, -0.15) is 0 Å². The molecule has 2 atom stereocenters. The van der Waals surface area contributed by atoms with E-state index in [0.29, 0.717) is 5.92 Å². The summed E-state index contributed by atoms with van der Waals surface area (Å²) in [5.74, 6) is 0.338. The molecule has 2 heterocycles. The summed E-state index contributed by atoms with van der Waals surface area (Å²) in [6, 6.07) is 3.89. The first-order valence-electron chi connectivity index (χ1n) is 7.31. The molecule has 1 aliphatic heterocycles. The van der Waals surface area contributed by atoms with Crippen LogP contribution < -0.4 is 5.32 Å². The van der Waals surface area contributed by atoms with Crippen molar-refractivity contribution in [2.45, 2.75) is 58.3 Å². The number of nitrogens with zero attached hydrogens (tertiary/aromatic N) is 1. The van der Waals surface area contributed by atoms with Crippen LogP contribution in [0.5, 0.6) is 0 Å². The second-order valence-electron chi connectivity index (χ2n) is 6.68. The maximum Gasteiger partial charge on any atom is 0.0762 e. The van der Waals surface area contributed by atoms with Gasteiger partial charge < -0.3 is 10.1 Å². The average Bonchev–Trinajstić information content (AvgIpc) is 2.55. The number of nitrogens with one attached hydrogen (secondary N) is 1. The average molecular weight is 297 g/mol. The minimum absolute atomic E-state index is 0.108. The van der Waals surface area contributed by atoms with E-state index in [1.54, 1.807) is 6.20 Å². The molecule has 0 spiro atoms. The molecular formula is C16H25ClN2O. The van der Waals surface area contributed by atoms with E-state index in [2.05, 4.69) is 44.9 Å². The lowest BCUT2D eigenvalue weighted by atomic mass is 9.80. The van der Waals surface area contributed by atoms with Crippen LogP contribution in [-0.2, 0) is 4.74 Å². The molecule has 4 heteroatoms. The van der Waals surface area contributed by atoms with Crippen LogP contribution in [0, 0.1) is 5.92 Å². The number of pyridine rings is 1. The molecule has 0 saturated carbocycles. The van der Waals surface area contributed by atoms with E-state index >= 15 is 0 Å². The van der Waals surface area contributed by atoms with Crippen LogP contribution in [0.3, 0.4) is 0 Å². The molecule has 1 saturated heterocycles. The monoisotopic (exact) mass is 296 g/mol. The van der Waals surface area contributed by atoms with Crippen molar-refractivity contribution in [3.05, 3.63) is 29.0 Å². The van der Waals surface area contributed by atoms with E-state index in [0.717, 1.165) is 23.7 Å². The van der Waals surface area contributed by atoms with Crippen molar-refractivity contribution >= 4 is 11.6 Å². The second-order valence-corrected chi connectivity index (χ2v) is 7.09. The van der Waals surface area contributed by atoms with E-state index in [9.17, 15) is 0 Å². The molecule has 0 amide bonds. The minimum atomic E-state index is -0.197. The zero-order chi connectivity index (χ0) is 15.0. The van der Waals surface area contributed by atoms with Gasteiger partial charge in [0, 0.05) is 12.1 Å². The Bertz CT molecular complexity index is 473. The van der Waals surface area contributed by atoms with E-state index < -0.39 is 0 Å². The van der Waals surface area contributed by atoms with Crippen LogP contribution in [0.4, 0.5) is 0 Å². The van der Waals surface area contributed by atoms with Gasteiger partial charge in [-0.05, 0) is 52.8 Å². The van der Waals surface area contributed by atoms with Gasteiger partial charge in [-0.1, -0.05) is 18.5 Å². The smallest absolute Gasteiger partial charge is 0.0762 e. The van der Waals surface area contributed by atoms with Gasteiger partial charge in [0.25, 0.3) is 0 Å². The van der Waals surface area contributed by atoms with E-state index in [1.165, 1.54) is 0 Å². The normalized spacial score (nSPS) is 25.6. The summed E-state index contributed by atoms with van der Waals surface area (Å²) in [5, 5.41) is 4.27. The van der Waals surface area contributed by atoms with Gasteiger partial charge in [0.05, 0.1) is 28.0 Å². The lowest BCUT2D eigenvalue weighted by molar-refractivity contribution is -0.0779. The van der Waals surface area contributed by atoms with Crippen LogP contribution >= 0.6 is 11.6 Å². The first kappa shape index (κ1) is 15.7. The van der Waals surface area contributed by atoms with Crippen molar-refractivity contribution in [1.82, 2.24) is 10.3 Å². The Morgan fingerprint density at radius 2 is 2.15 bits per heavy atom. The quantitative estimate of drug-likeness (QED) is 0.912. The Balaban J connectivity index is 2.37. The van der Waals surface area contributed by atoms with Crippen LogP contribution in [0.1, 0.15) is 52.8 Å². The molecule has 112 valence electrons. The summed E-state index contributed by atoms with van der Waals surface area (Å²) in [6.07, 6.45) is 2.80. The third-order valence-corrected chi connectivity index (χ3v) is 4.37. The first-order chi connectivity index (χ1) is 9.27. The van der Waals surface area contributed by atoms with Crippen LogP contribution in [0.2, 0.25) is 5.02 Å². The van der Waals surface area contributed by atoms with E-state index in [4.69, 9.17) is 16.3 Å². The number of halogens is 1. The predicted molar refractivity (Wildman–Crippen MR) is 83.0 cm³/mol. The Labute approximate surface area is 127 Å². The molecule has 0 bridgehead atoms. The Morgan fingerprint density at radius 3 is 2.65 bits per heavy atom. The largest absolute Gasteiger partial charge is 0.369 e. The number of ether oxygens (including phenoxy) is 1. The molecule has 1 aromatic rings. The zero-order valence-electron chi connectivity index (χ0n) is 13.0. The fourth-order valence-corrected chi connectivity index (χ4v) is 3.64. The predicted octanol–water partition coefficient (Wildman–Crippen LogP) is 3.98. The van der Waals surface area contributed by atoms with Crippen molar-refractivity contribution in [2.75, 3.05) is 6.54 Å².